The molecule has 1 aliphatic rings. The number of amides is 3. The van der Waals surface area contributed by atoms with Crippen LogP contribution in [0.25, 0.3) is 10.8 Å². The molecule has 2 atom stereocenters. The Kier molecular flexibility index (Phi) is 7.78. The van der Waals surface area contributed by atoms with Crippen LogP contribution in [0.5, 0.6) is 0 Å². The summed E-state index contributed by atoms with van der Waals surface area (Å²) in [5, 5.41) is 17.5. The van der Waals surface area contributed by atoms with Gasteiger partial charge in [0.2, 0.25) is 5.91 Å². The summed E-state index contributed by atoms with van der Waals surface area (Å²) in [6.07, 6.45) is 0.638. The molecule has 0 heterocycles. The van der Waals surface area contributed by atoms with Crippen molar-refractivity contribution in [1.82, 2.24) is 10.2 Å². The van der Waals surface area contributed by atoms with Gasteiger partial charge in [-0.15, -0.1) is 0 Å². The van der Waals surface area contributed by atoms with Crippen molar-refractivity contribution in [3.8, 4) is 0 Å². The Hall–Kier alpha value is -3.91. The Bertz CT molecular complexity index is 1270. The fourth-order valence-electron chi connectivity index (χ4n) is 4.24. The van der Waals surface area contributed by atoms with E-state index in [4.69, 9.17) is 4.74 Å². The first-order valence-electron chi connectivity index (χ1n) is 12.4. The number of carbonyl (C=O) groups excluding carboxylic acids is 3. The number of rotatable bonds is 8. The van der Waals surface area contributed by atoms with Gasteiger partial charge in [0.1, 0.15) is 17.7 Å². The number of hydrogen-bond acceptors (Lipinski definition) is 5. The maximum Gasteiger partial charge on any atom is 0.408 e. The van der Waals surface area contributed by atoms with Crippen LogP contribution in [-0.2, 0) is 14.3 Å². The largest absolute Gasteiger partial charge is 0.444 e. The average Bonchev–Trinajstić information content (AvgIpc) is 3.70. The molecule has 3 aromatic carbocycles. The van der Waals surface area contributed by atoms with Gasteiger partial charge in [-0.05, 0) is 62.1 Å². The van der Waals surface area contributed by atoms with Crippen LogP contribution in [-0.4, -0.2) is 52.2 Å². The summed E-state index contributed by atoms with van der Waals surface area (Å²) >= 11 is 0. The molecule has 0 saturated heterocycles. The number of fused-ring (bicyclic) bond motifs is 1. The van der Waals surface area contributed by atoms with E-state index in [2.05, 4.69) is 10.6 Å². The van der Waals surface area contributed by atoms with Gasteiger partial charge < -0.3 is 25.4 Å². The Labute approximate surface area is 216 Å². The number of nitrogens with one attached hydrogen (secondary N) is 2. The van der Waals surface area contributed by atoms with Crippen molar-refractivity contribution in [2.75, 3.05) is 11.9 Å². The fourth-order valence-corrected chi connectivity index (χ4v) is 4.24. The van der Waals surface area contributed by atoms with Crippen LogP contribution in [0.1, 0.15) is 45.2 Å². The molecule has 37 heavy (non-hydrogen) atoms. The van der Waals surface area contributed by atoms with Crippen molar-refractivity contribution in [2.45, 2.75) is 57.3 Å². The first-order chi connectivity index (χ1) is 17.7. The number of aliphatic hydroxyl groups excluding tert-OH is 1. The van der Waals surface area contributed by atoms with Gasteiger partial charge in [-0.25, -0.2) is 4.79 Å². The van der Waals surface area contributed by atoms with Crippen molar-refractivity contribution >= 4 is 34.4 Å². The molecule has 0 aromatic heterocycles. The molecule has 0 aliphatic heterocycles. The zero-order valence-electron chi connectivity index (χ0n) is 21.3. The summed E-state index contributed by atoms with van der Waals surface area (Å²) < 4.78 is 5.27. The third-order valence-electron chi connectivity index (χ3n) is 6.03. The van der Waals surface area contributed by atoms with Crippen LogP contribution < -0.4 is 10.6 Å². The topological polar surface area (TPSA) is 108 Å². The molecule has 3 aromatic rings. The number of hydrogen-bond donors (Lipinski definition) is 3. The quantitative estimate of drug-likeness (QED) is 0.422. The average molecular weight is 504 g/mol. The van der Waals surface area contributed by atoms with Gasteiger partial charge in [-0.3, -0.25) is 9.59 Å². The Morgan fingerprint density at radius 2 is 1.62 bits per heavy atom. The summed E-state index contributed by atoms with van der Waals surface area (Å²) in [5.41, 5.74) is 0.476. The molecule has 2 unspecified atom stereocenters. The van der Waals surface area contributed by atoms with Gasteiger partial charge in [0.15, 0.2) is 0 Å². The molecule has 194 valence electrons. The first kappa shape index (κ1) is 26.2. The molecule has 3 N–H and O–H groups in total. The molecule has 0 radical (unpaired) electrons. The Morgan fingerprint density at radius 1 is 0.973 bits per heavy atom. The standard InChI is InChI=1S/C29H33N3O5/c1-29(2,3)37-28(36)31-24(18-33)27(35)32(23-15-16-23)25(20-10-5-4-6-11-20)26(34)30-22-14-13-19-9-7-8-12-21(19)17-22/h4-14,17,23-25,33H,15-16,18H2,1-3H3,(H,30,34)(H,31,36). The molecule has 0 spiro atoms. The highest BCUT2D eigenvalue weighted by molar-refractivity contribution is 6.00. The number of anilines is 1. The summed E-state index contributed by atoms with van der Waals surface area (Å²) in [5.74, 6) is -0.922. The van der Waals surface area contributed by atoms with Crippen molar-refractivity contribution in [1.29, 1.82) is 0 Å². The second-order valence-electron chi connectivity index (χ2n) is 10.2. The van der Waals surface area contributed by atoms with Gasteiger partial charge in [0, 0.05) is 11.7 Å². The van der Waals surface area contributed by atoms with E-state index in [-0.39, 0.29) is 11.9 Å². The third kappa shape index (κ3) is 6.65. The molecule has 0 bridgehead atoms. The molecule has 1 fully saturated rings. The van der Waals surface area contributed by atoms with E-state index in [9.17, 15) is 19.5 Å². The van der Waals surface area contributed by atoms with Crippen LogP contribution in [0, 0.1) is 0 Å². The number of nitrogens with zero attached hydrogens (tertiary/aromatic N) is 1. The van der Waals surface area contributed by atoms with Crippen molar-refractivity contribution in [2.24, 2.45) is 0 Å². The highest BCUT2D eigenvalue weighted by Crippen LogP contribution is 2.36. The smallest absolute Gasteiger partial charge is 0.408 e. The van der Waals surface area contributed by atoms with Crippen molar-refractivity contribution < 1.29 is 24.2 Å². The Balaban J connectivity index is 1.63. The van der Waals surface area contributed by atoms with Crippen LogP contribution in [0.2, 0.25) is 0 Å². The summed E-state index contributed by atoms with van der Waals surface area (Å²) in [6.45, 7) is 4.50. The number of ether oxygens (including phenoxy) is 1. The lowest BCUT2D eigenvalue weighted by atomic mass is 10.0. The van der Waals surface area contributed by atoms with Gasteiger partial charge in [-0.2, -0.15) is 0 Å². The van der Waals surface area contributed by atoms with E-state index >= 15 is 0 Å². The maximum atomic E-state index is 13.8. The monoisotopic (exact) mass is 503 g/mol. The predicted octanol–water partition coefficient (Wildman–Crippen LogP) is 4.40. The second-order valence-corrected chi connectivity index (χ2v) is 10.2. The molecular weight excluding hydrogens is 470 g/mol. The minimum absolute atomic E-state index is 0.186. The van der Waals surface area contributed by atoms with Gasteiger partial charge in [0.25, 0.3) is 5.91 Å². The highest BCUT2D eigenvalue weighted by atomic mass is 16.6. The van der Waals surface area contributed by atoms with Crippen LogP contribution in [0.3, 0.4) is 0 Å². The van der Waals surface area contributed by atoms with Crippen LogP contribution >= 0.6 is 0 Å². The van der Waals surface area contributed by atoms with E-state index in [0.717, 1.165) is 23.6 Å². The summed E-state index contributed by atoms with van der Waals surface area (Å²) in [7, 11) is 0. The van der Waals surface area contributed by atoms with Gasteiger partial charge in [0.05, 0.1) is 6.61 Å². The molecule has 3 amide bonds. The van der Waals surface area contributed by atoms with E-state index in [1.165, 1.54) is 4.90 Å². The lowest BCUT2D eigenvalue weighted by molar-refractivity contribution is -0.142. The highest BCUT2D eigenvalue weighted by Gasteiger charge is 2.44. The van der Waals surface area contributed by atoms with E-state index < -0.39 is 36.3 Å². The number of carbonyl (C=O) groups is 3. The fraction of sp³-hybridized carbons (Fsp3) is 0.345. The Morgan fingerprint density at radius 3 is 2.24 bits per heavy atom. The minimum Gasteiger partial charge on any atom is -0.444 e. The lowest BCUT2D eigenvalue weighted by Crippen LogP contribution is -2.54. The minimum atomic E-state index is -1.25. The van der Waals surface area contributed by atoms with E-state index in [0.29, 0.717) is 11.3 Å². The SMILES string of the molecule is CC(C)(C)OC(=O)NC(CO)C(=O)N(C1CC1)C(C(=O)Nc1ccc2ccccc2c1)c1ccccc1. The molecule has 1 saturated carbocycles. The van der Waals surface area contributed by atoms with Crippen LogP contribution in [0.4, 0.5) is 10.5 Å². The zero-order chi connectivity index (χ0) is 26.6. The van der Waals surface area contributed by atoms with Crippen LogP contribution in [0.15, 0.2) is 72.8 Å². The number of alkyl carbamates (subject to hydrolysis) is 1. The summed E-state index contributed by atoms with van der Waals surface area (Å²) in [4.78, 5) is 41.3. The zero-order valence-corrected chi connectivity index (χ0v) is 21.3. The maximum absolute atomic E-state index is 13.8. The third-order valence-corrected chi connectivity index (χ3v) is 6.03. The molecular formula is C29H33N3O5. The van der Waals surface area contributed by atoms with E-state index in [1.807, 2.05) is 60.7 Å². The molecule has 4 rings (SSSR count). The molecule has 8 heteroatoms. The number of aliphatic hydroxyl groups is 1. The van der Waals surface area contributed by atoms with Gasteiger partial charge in [-0.1, -0.05) is 60.7 Å². The first-order valence-corrected chi connectivity index (χ1v) is 12.4. The second kappa shape index (κ2) is 11.0. The van der Waals surface area contributed by atoms with Crippen molar-refractivity contribution in [3.63, 3.8) is 0 Å². The van der Waals surface area contributed by atoms with Crippen molar-refractivity contribution in [3.05, 3.63) is 78.4 Å². The number of benzene rings is 3. The van der Waals surface area contributed by atoms with E-state index in [1.54, 1.807) is 32.9 Å². The summed E-state index contributed by atoms with van der Waals surface area (Å²) in [6, 6.07) is 20.1. The lowest BCUT2D eigenvalue weighted by Gasteiger charge is -2.34. The van der Waals surface area contributed by atoms with Gasteiger partial charge >= 0.3 is 6.09 Å². The molecule has 1 aliphatic carbocycles. The molecule has 8 nitrogen and oxygen atoms in total. The predicted molar refractivity (Wildman–Crippen MR) is 142 cm³/mol. The normalized spacial score (nSPS) is 14.9.